The number of aliphatic carboxylic acids is 1. The first kappa shape index (κ1) is 27.1. The molecule has 1 N–H and O–H groups in total. The molecule has 0 bridgehead atoms. The fourth-order valence-corrected chi connectivity index (χ4v) is 6.60. The second kappa shape index (κ2) is 10.2. The van der Waals surface area contributed by atoms with Crippen molar-refractivity contribution < 1.29 is 19.0 Å². The Kier molecular flexibility index (Phi) is 6.41. The molecule has 10 nitrogen and oxygen atoms in total. The molecule has 0 saturated carbocycles. The topological polar surface area (TPSA) is 111 Å². The molecule has 6 heterocycles. The average Bonchev–Trinajstić information content (AvgIpc) is 3.54. The van der Waals surface area contributed by atoms with Crippen molar-refractivity contribution >= 4 is 22.8 Å². The van der Waals surface area contributed by atoms with Gasteiger partial charge in [0, 0.05) is 48.5 Å². The van der Waals surface area contributed by atoms with E-state index in [9.17, 15) is 9.90 Å². The number of fused-ring (bicyclic) bond motifs is 3. The molecule has 1 aromatic carbocycles. The van der Waals surface area contributed by atoms with Gasteiger partial charge in [-0.1, -0.05) is 0 Å². The van der Waals surface area contributed by atoms with E-state index in [1.165, 1.54) is 6.07 Å². The van der Waals surface area contributed by atoms with Gasteiger partial charge in [0.1, 0.15) is 17.3 Å². The fourth-order valence-electron chi connectivity index (χ4n) is 6.60. The smallest absolute Gasteiger partial charge is 0.307 e. The van der Waals surface area contributed by atoms with Gasteiger partial charge in [-0.15, -0.1) is 10.2 Å². The summed E-state index contributed by atoms with van der Waals surface area (Å²) in [6.07, 6.45) is 3.09. The van der Waals surface area contributed by atoms with Crippen LogP contribution in [0.1, 0.15) is 40.5 Å². The molecule has 2 aliphatic heterocycles. The minimum absolute atomic E-state index is 0.221. The predicted molar refractivity (Wildman–Crippen MR) is 160 cm³/mol. The number of hydrogen-bond acceptors (Lipinski definition) is 7. The van der Waals surface area contributed by atoms with Gasteiger partial charge in [-0.05, 0) is 80.1 Å². The highest BCUT2D eigenvalue weighted by Crippen LogP contribution is 2.43. The minimum atomic E-state index is -0.965. The maximum absolute atomic E-state index is 15.5. The van der Waals surface area contributed by atoms with Crippen molar-refractivity contribution in [1.29, 1.82) is 0 Å². The molecule has 0 fully saturated rings. The molecule has 0 unspecified atom stereocenters. The highest BCUT2D eigenvalue weighted by atomic mass is 19.1. The van der Waals surface area contributed by atoms with E-state index in [4.69, 9.17) is 9.72 Å². The van der Waals surface area contributed by atoms with Crippen LogP contribution in [0.5, 0.6) is 5.75 Å². The third-order valence-electron chi connectivity index (χ3n) is 8.82. The number of benzene rings is 1. The molecule has 2 aliphatic rings. The molecular formula is C32H32FN7O3. The summed E-state index contributed by atoms with van der Waals surface area (Å²) in [5, 5.41) is 19.2. The summed E-state index contributed by atoms with van der Waals surface area (Å²) in [6.45, 7) is 8.42. The van der Waals surface area contributed by atoms with Crippen molar-refractivity contribution in [3.8, 4) is 28.1 Å². The van der Waals surface area contributed by atoms with E-state index in [2.05, 4.69) is 30.7 Å². The Labute approximate surface area is 247 Å². The Morgan fingerprint density at radius 3 is 2.79 bits per heavy atom. The van der Waals surface area contributed by atoms with E-state index < -0.39 is 11.8 Å². The lowest BCUT2D eigenvalue weighted by molar-refractivity contribution is -0.136. The lowest BCUT2D eigenvalue weighted by Gasteiger charge is -2.28. The number of carbonyl (C=O) groups is 1. The average molecular weight is 582 g/mol. The lowest BCUT2D eigenvalue weighted by atomic mass is 9.87. The molecule has 0 amide bonds. The predicted octanol–water partition coefficient (Wildman–Crippen LogP) is 4.93. The van der Waals surface area contributed by atoms with Crippen LogP contribution < -0.4 is 9.64 Å². The van der Waals surface area contributed by atoms with Gasteiger partial charge in [0.25, 0.3) is 0 Å². The number of halogens is 1. The minimum Gasteiger partial charge on any atom is -0.490 e. The monoisotopic (exact) mass is 581 g/mol. The van der Waals surface area contributed by atoms with Crippen LogP contribution in [-0.4, -0.2) is 53.5 Å². The van der Waals surface area contributed by atoms with Crippen molar-refractivity contribution in [2.24, 2.45) is 7.05 Å². The summed E-state index contributed by atoms with van der Waals surface area (Å²) >= 11 is 0. The summed E-state index contributed by atoms with van der Waals surface area (Å²) in [5.41, 5.74) is 6.85. The zero-order valence-electron chi connectivity index (χ0n) is 24.6. The van der Waals surface area contributed by atoms with Crippen molar-refractivity contribution in [1.82, 2.24) is 29.3 Å². The number of aryl methyl sites for hydroxylation is 3. The Hall–Kier alpha value is -4.80. The molecule has 0 aliphatic carbocycles. The number of aromatic nitrogens is 6. The number of carboxylic acid groups (broad SMARTS) is 1. The maximum Gasteiger partial charge on any atom is 0.307 e. The number of nitrogens with zero attached hydrogens (tertiary/aromatic N) is 7. The van der Waals surface area contributed by atoms with Gasteiger partial charge in [0.2, 0.25) is 0 Å². The van der Waals surface area contributed by atoms with Crippen molar-refractivity contribution in [2.75, 3.05) is 18.1 Å². The lowest BCUT2D eigenvalue weighted by Crippen LogP contribution is -2.34. The third-order valence-corrected chi connectivity index (χ3v) is 8.82. The van der Waals surface area contributed by atoms with Crippen LogP contribution in [0.25, 0.3) is 33.4 Å². The molecular weight excluding hydrogens is 549 g/mol. The van der Waals surface area contributed by atoms with Gasteiger partial charge >= 0.3 is 5.97 Å². The molecule has 7 rings (SSSR count). The SMILES string of the molecule is Cc1nc2c(cc(-c3ccnc(N4CCn5c(C)nnc5C4)c3)n2C)c(-c2cc(F)c3c(c2C)CCCO3)c1CC(=O)O. The highest BCUT2D eigenvalue weighted by Gasteiger charge is 2.27. The van der Waals surface area contributed by atoms with Crippen molar-refractivity contribution in [3.05, 3.63) is 70.3 Å². The Morgan fingerprint density at radius 1 is 1.14 bits per heavy atom. The van der Waals surface area contributed by atoms with Gasteiger partial charge in [-0.3, -0.25) is 4.79 Å². The van der Waals surface area contributed by atoms with E-state index in [1.807, 2.05) is 44.5 Å². The molecule has 0 spiro atoms. The first-order chi connectivity index (χ1) is 20.7. The first-order valence-electron chi connectivity index (χ1n) is 14.5. The van der Waals surface area contributed by atoms with Crippen LogP contribution in [0.15, 0.2) is 30.5 Å². The van der Waals surface area contributed by atoms with Gasteiger partial charge in [0.15, 0.2) is 17.4 Å². The van der Waals surface area contributed by atoms with Crippen LogP contribution in [0.4, 0.5) is 10.2 Å². The van der Waals surface area contributed by atoms with Gasteiger partial charge in [-0.25, -0.2) is 14.4 Å². The molecule has 0 radical (unpaired) electrons. The van der Waals surface area contributed by atoms with E-state index >= 15 is 4.39 Å². The number of anilines is 1. The van der Waals surface area contributed by atoms with E-state index in [1.54, 1.807) is 6.20 Å². The van der Waals surface area contributed by atoms with Crippen molar-refractivity contribution in [2.45, 2.75) is 53.1 Å². The maximum atomic E-state index is 15.5. The zero-order valence-corrected chi connectivity index (χ0v) is 24.6. The number of ether oxygens (including phenoxy) is 1. The van der Waals surface area contributed by atoms with E-state index in [-0.39, 0.29) is 6.42 Å². The highest BCUT2D eigenvalue weighted by molar-refractivity contribution is 6.01. The molecule has 0 saturated heterocycles. The molecule has 220 valence electrons. The van der Waals surface area contributed by atoms with Crippen LogP contribution in [0.3, 0.4) is 0 Å². The number of pyridine rings is 2. The summed E-state index contributed by atoms with van der Waals surface area (Å²) in [7, 11) is 1.95. The van der Waals surface area contributed by atoms with Gasteiger partial charge in [0.05, 0.1) is 25.3 Å². The summed E-state index contributed by atoms with van der Waals surface area (Å²) in [6, 6.07) is 7.54. The Bertz CT molecular complexity index is 1940. The largest absolute Gasteiger partial charge is 0.490 e. The zero-order chi connectivity index (χ0) is 30.0. The van der Waals surface area contributed by atoms with Gasteiger partial charge in [-0.2, -0.15) is 0 Å². The molecule has 4 aromatic heterocycles. The summed E-state index contributed by atoms with van der Waals surface area (Å²) < 4.78 is 25.3. The quantitative estimate of drug-likeness (QED) is 0.311. The molecule has 43 heavy (non-hydrogen) atoms. The van der Waals surface area contributed by atoms with Gasteiger partial charge < -0.3 is 23.9 Å². The summed E-state index contributed by atoms with van der Waals surface area (Å²) in [5.74, 6) is 1.56. The Morgan fingerprint density at radius 2 is 1.98 bits per heavy atom. The second-order valence-electron chi connectivity index (χ2n) is 11.4. The fraction of sp³-hybridized carbons (Fsp3) is 0.344. The first-order valence-corrected chi connectivity index (χ1v) is 14.5. The number of carboxylic acids is 1. The van der Waals surface area contributed by atoms with Crippen molar-refractivity contribution in [3.63, 3.8) is 0 Å². The van der Waals surface area contributed by atoms with E-state index in [0.717, 1.165) is 64.7 Å². The van der Waals surface area contributed by atoms with E-state index in [0.29, 0.717) is 53.4 Å². The number of hydrogen-bond donors (Lipinski definition) is 1. The normalized spacial score (nSPS) is 14.5. The second-order valence-corrected chi connectivity index (χ2v) is 11.4. The van der Waals surface area contributed by atoms with Crippen LogP contribution in [-0.2, 0) is 37.8 Å². The molecule has 0 atom stereocenters. The molecule has 11 heteroatoms. The number of rotatable bonds is 5. The van der Waals surface area contributed by atoms with Crippen LogP contribution >= 0.6 is 0 Å². The third kappa shape index (κ3) is 4.41. The van der Waals surface area contributed by atoms with Crippen LogP contribution in [0, 0.1) is 26.6 Å². The Balaban J connectivity index is 1.39. The summed E-state index contributed by atoms with van der Waals surface area (Å²) in [4.78, 5) is 23.8. The molecule has 5 aromatic rings. The van der Waals surface area contributed by atoms with Crippen LogP contribution in [0.2, 0.25) is 0 Å². The standard InChI is InChI=1S/C32H32FN7O3/c1-17-21-6-5-11-43-31(21)25(33)13-22(17)30-23(15-29(41)42)18(2)35-32-24(30)14-26(38(32)4)20-7-8-34-27(12-20)39-9-10-40-19(3)36-37-28(40)16-39/h7-8,12-14H,5-6,9-11,15-16H2,1-4H3,(H,41,42).